The molecule has 6 heteroatoms. The molecule has 1 aliphatic rings. The molecule has 24 heavy (non-hydrogen) atoms. The summed E-state index contributed by atoms with van der Waals surface area (Å²) < 4.78 is 0. The van der Waals surface area contributed by atoms with Crippen LogP contribution in [-0.4, -0.2) is 40.0 Å². The van der Waals surface area contributed by atoms with E-state index in [0.29, 0.717) is 13.0 Å². The number of hydrogen-bond acceptors (Lipinski definition) is 3. The predicted molar refractivity (Wildman–Crippen MR) is 92.2 cm³/mol. The van der Waals surface area contributed by atoms with Crippen molar-refractivity contribution in [3.8, 4) is 11.3 Å². The number of nitrogens with one attached hydrogen (secondary N) is 2. The Morgan fingerprint density at radius 2 is 2.08 bits per heavy atom. The Hall–Kier alpha value is -2.63. The van der Waals surface area contributed by atoms with Gasteiger partial charge in [-0.3, -0.25) is 14.7 Å². The number of amides is 2. The number of carbonyl (C=O) groups is 2. The molecule has 2 heterocycles. The van der Waals surface area contributed by atoms with Crippen molar-refractivity contribution < 1.29 is 9.59 Å². The molecular formula is C18H22N4O2. The zero-order chi connectivity index (χ0) is 16.9. The van der Waals surface area contributed by atoms with E-state index in [1.807, 2.05) is 37.3 Å². The number of nitrogens with zero attached hydrogens (tertiary/aromatic N) is 2. The Morgan fingerprint density at radius 1 is 1.29 bits per heavy atom. The molecule has 1 aromatic carbocycles. The molecule has 1 unspecified atom stereocenters. The minimum absolute atomic E-state index is 0.0158. The van der Waals surface area contributed by atoms with Gasteiger partial charge < -0.3 is 10.2 Å². The summed E-state index contributed by atoms with van der Waals surface area (Å²) >= 11 is 0. The molecule has 1 aromatic heterocycles. The van der Waals surface area contributed by atoms with Crippen LogP contribution in [0.4, 0.5) is 5.69 Å². The summed E-state index contributed by atoms with van der Waals surface area (Å²) in [6.45, 7) is 3.13. The van der Waals surface area contributed by atoms with Gasteiger partial charge in [0.15, 0.2) is 0 Å². The van der Waals surface area contributed by atoms with E-state index in [1.165, 1.54) is 0 Å². The number of likely N-dealkylation sites (tertiary alicyclic amines) is 1. The lowest BCUT2D eigenvalue weighted by Gasteiger charge is -2.31. The third-order valence-corrected chi connectivity index (χ3v) is 4.41. The van der Waals surface area contributed by atoms with E-state index >= 15 is 0 Å². The molecule has 0 saturated carbocycles. The van der Waals surface area contributed by atoms with Crippen molar-refractivity contribution in [3.63, 3.8) is 0 Å². The highest BCUT2D eigenvalue weighted by molar-refractivity contribution is 5.93. The second kappa shape index (κ2) is 7.29. The number of piperidine rings is 1. The number of benzene rings is 1. The minimum Gasteiger partial charge on any atom is -0.342 e. The van der Waals surface area contributed by atoms with E-state index < -0.39 is 0 Å². The average molecular weight is 326 g/mol. The highest BCUT2D eigenvalue weighted by atomic mass is 16.2. The Balaban J connectivity index is 1.61. The Bertz CT molecular complexity index is 694. The van der Waals surface area contributed by atoms with Crippen LogP contribution in [0.3, 0.4) is 0 Å². The SMILES string of the molecule is CCC(=O)N1CCCC(C(=O)Nc2ccc(-c3ccn[nH]3)cc2)C1. The lowest BCUT2D eigenvalue weighted by Crippen LogP contribution is -2.43. The molecule has 126 valence electrons. The first kappa shape index (κ1) is 16.2. The van der Waals surface area contributed by atoms with Gasteiger partial charge in [-0.2, -0.15) is 5.10 Å². The van der Waals surface area contributed by atoms with Crippen LogP contribution >= 0.6 is 0 Å². The van der Waals surface area contributed by atoms with Gasteiger partial charge in [0.1, 0.15) is 0 Å². The fourth-order valence-corrected chi connectivity index (χ4v) is 3.04. The van der Waals surface area contributed by atoms with Crippen molar-refractivity contribution in [1.29, 1.82) is 0 Å². The van der Waals surface area contributed by atoms with Crippen LogP contribution in [-0.2, 0) is 9.59 Å². The summed E-state index contributed by atoms with van der Waals surface area (Å²) in [4.78, 5) is 26.1. The predicted octanol–water partition coefficient (Wildman–Crippen LogP) is 2.66. The third-order valence-electron chi connectivity index (χ3n) is 4.41. The molecule has 1 fully saturated rings. The number of aromatic amines is 1. The van der Waals surface area contributed by atoms with Gasteiger partial charge in [-0.1, -0.05) is 19.1 Å². The first-order chi connectivity index (χ1) is 11.7. The second-order valence-corrected chi connectivity index (χ2v) is 6.07. The molecule has 0 radical (unpaired) electrons. The summed E-state index contributed by atoms with van der Waals surface area (Å²) in [6.07, 6.45) is 3.90. The quantitative estimate of drug-likeness (QED) is 0.906. The van der Waals surface area contributed by atoms with E-state index in [1.54, 1.807) is 11.1 Å². The van der Waals surface area contributed by atoms with Gasteiger partial charge in [0.2, 0.25) is 11.8 Å². The van der Waals surface area contributed by atoms with E-state index in [0.717, 1.165) is 36.3 Å². The van der Waals surface area contributed by atoms with Crippen molar-refractivity contribution in [3.05, 3.63) is 36.5 Å². The molecule has 2 amide bonds. The number of anilines is 1. The molecule has 3 rings (SSSR count). The molecule has 0 bridgehead atoms. The fraction of sp³-hybridized carbons (Fsp3) is 0.389. The summed E-state index contributed by atoms with van der Waals surface area (Å²) in [5, 5.41) is 9.80. The van der Waals surface area contributed by atoms with E-state index in [4.69, 9.17) is 0 Å². The minimum atomic E-state index is -0.137. The largest absolute Gasteiger partial charge is 0.342 e. The maximum Gasteiger partial charge on any atom is 0.229 e. The maximum absolute atomic E-state index is 12.5. The first-order valence-corrected chi connectivity index (χ1v) is 8.36. The second-order valence-electron chi connectivity index (χ2n) is 6.07. The Labute approximate surface area is 141 Å². The molecule has 0 spiro atoms. The first-order valence-electron chi connectivity index (χ1n) is 8.36. The van der Waals surface area contributed by atoms with Crippen molar-refractivity contribution in [1.82, 2.24) is 15.1 Å². The topological polar surface area (TPSA) is 78.1 Å². The third kappa shape index (κ3) is 3.64. The van der Waals surface area contributed by atoms with Crippen LogP contribution in [0.1, 0.15) is 26.2 Å². The normalized spacial score (nSPS) is 17.5. The van der Waals surface area contributed by atoms with Crippen molar-refractivity contribution in [2.24, 2.45) is 5.92 Å². The average Bonchev–Trinajstić information content (AvgIpc) is 3.16. The molecule has 1 saturated heterocycles. The van der Waals surface area contributed by atoms with Gasteiger partial charge in [-0.05, 0) is 36.6 Å². The zero-order valence-electron chi connectivity index (χ0n) is 13.8. The van der Waals surface area contributed by atoms with Crippen LogP contribution in [0.15, 0.2) is 36.5 Å². The van der Waals surface area contributed by atoms with Gasteiger partial charge in [-0.25, -0.2) is 0 Å². The van der Waals surface area contributed by atoms with Crippen molar-refractivity contribution in [2.75, 3.05) is 18.4 Å². The number of carbonyl (C=O) groups excluding carboxylic acids is 2. The highest BCUT2D eigenvalue weighted by Crippen LogP contribution is 2.22. The van der Waals surface area contributed by atoms with E-state index in [-0.39, 0.29) is 17.7 Å². The summed E-state index contributed by atoms with van der Waals surface area (Å²) in [5.74, 6) is -0.0316. The summed E-state index contributed by atoms with van der Waals surface area (Å²) in [7, 11) is 0. The van der Waals surface area contributed by atoms with Crippen LogP contribution in [0.2, 0.25) is 0 Å². The van der Waals surface area contributed by atoms with Crippen LogP contribution in [0, 0.1) is 5.92 Å². The molecule has 6 nitrogen and oxygen atoms in total. The molecule has 2 aromatic rings. The van der Waals surface area contributed by atoms with E-state index in [9.17, 15) is 9.59 Å². The Morgan fingerprint density at radius 3 is 2.75 bits per heavy atom. The molecular weight excluding hydrogens is 304 g/mol. The molecule has 2 N–H and O–H groups in total. The van der Waals surface area contributed by atoms with Crippen molar-refractivity contribution in [2.45, 2.75) is 26.2 Å². The molecule has 1 atom stereocenters. The number of H-pyrrole nitrogens is 1. The van der Waals surface area contributed by atoms with Crippen LogP contribution < -0.4 is 5.32 Å². The zero-order valence-corrected chi connectivity index (χ0v) is 13.8. The smallest absolute Gasteiger partial charge is 0.229 e. The van der Waals surface area contributed by atoms with Gasteiger partial charge in [0.25, 0.3) is 0 Å². The standard InChI is InChI=1S/C18H22N4O2/c1-2-17(23)22-11-3-4-14(12-22)18(24)20-15-7-5-13(6-8-15)16-9-10-19-21-16/h5-10,14H,2-4,11-12H2,1H3,(H,19,21)(H,20,24). The van der Waals surface area contributed by atoms with Crippen LogP contribution in [0.25, 0.3) is 11.3 Å². The summed E-state index contributed by atoms with van der Waals surface area (Å²) in [5.41, 5.74) is 2.72. The van der Waals surface area contributed by atoms with Gasteiger partial charge in [0.05, 0.1) is 11.6 Å². The molecule has 0 aliphatic carbocycles. The monoisotopic (exact) mass is 326 g/mol. The Kier molecular flexibility index (Phi) is 4.93. The van der Waals surface area contributed by atoms with E-state index in [2.05, 4.69) is 15.5 Å². The number of rotatable bonds is 4. The fourth-order valence-electron chi connectivity index (χ4n) is 3.04. The lowest BCUT2D eigenvalue weighted by molar-refractivity contribution is -0.134. The van der Waals surface area contributed by atoms with Gasteiger partial charge in [0, 0.05) is 31.4 Å². The number of aromatic nitrogens is 2. The summed E-state index contributed by atoms with van der Waals surface area (Å²) in [6, 6.07) is 9.54. The highest BCUT2D eigenvalue weighted by Gasteiger charge is 2.27. The number of hydrogen-bond donors (Lipinski definition) is 2. The van der Waals surface area contributed by atoms with Crippen molar-refractivity contribution >= 4 is 17.5 Å². The van der Waals surface area contributed by atoms with Gasteiger partial charge in [-0.15, -0.1) is 0 Å². The maximum atomic E-state index is 12.5. The van der Waals surface area contributed by atoms with Gasteiger partial charge >= 0.3 is 0 Å². The molecule has 1 aliphatic heterocycles. The van der Waals surface area contributed by atoms with Crippen LogP contribution in [0.5, 0.6) is 0 Å². The lowest BCUT2D eigenvalue weighted by atomic mass is 9.96.